The Morgan fingerprint density at radius 3 is 2.37 bits per heavy atom. The van der Waals surface area contributed by atoms with Gasteiger partial charge in [-0.25, -0.2) is 0 Å². The van der Waals surface area contributed by atoms with E-state index in [1.165, 1.54) is 25.7 Å². The van der Waals surface area contributed by atoms with Gasteiger partial charge in [0.15, 0.2) is 0 Å². The summed E-state index contributed by atoms with van der Waals surface area (Å²) >= 11 is 0. The van der Waals surface area contributed by atoms with Crippen LogP contribution in [0.3, 0.4) is 0 Å². The Bertz CT molecular complexity index is 442. The number of aromatic nitrogens is 1. The van der Waals surface area contributed by atoms with Gasteiger partial charge in [-0.1, -0.05) is 12.8 Å². The van der Waals surface area contributed by atoms with E-state index >= 15 is 0 Å². The van der Waals surface area contributed by atoms with Crippen LogP contribution in [0.2, 0.25) is 0 Å². The maximum atomic E-state index is 10.9. The monoisotopic (exact) mass is 261 g/mol. The molecule has 0 unspecified atom stereocenters. The lowest BCUT2D eigenvalue weighted by Gasteiger charge is -2.42. The van der Waals surface area contributed by atoms with E-state index in [1.54, 1.807) is 19.5 Å². The highest BCUT2D eigenvalue weighted by Crippen LogP contribution is 2.53. The molecule has 0 radical (unpaired) electrons. The lowest BCUT2D eigenvalue weighted by atomic mass is 9.66. The van der Waals surface area contributed by atoms with Crippen LogP contribution < -0.4 is 4.74 Å². The maximum absolute atomic E-state index is 10.9. The van der Waals surface area contributed by atoms with E-state index in [4.69, 9.17) is 4.74 Å². The fourth-order valence-electron chi connectivity index (χ4n) is 3.89. The minimum atomic E-state index is -0.699. The quantitative estimate of drug-likeness (QED) is 0.887. The predicted octanol–water partition coefficient (Wildman–Crippen LogP) is 3.41. The highest BCUT2D eigenvalue weighted by molar-refractivity contribution is 5.28. The van der Waals surface area contributed by atoms with Crippen molar-refractivity contribution < 1.29 is 9.84 Å². The molecule has 19 heavy (non-hydrogen) atoms. The van der Waals surface area contributed by atoms with E-state index in [2.05, 4.69) is 4.98 Å². The molecule has 3 nitrogen and oxygen atoms in total. The summed E-state index contributed by atoms with van der Waals surface area (Å²) in [5.74, 6) is 0.729. The van der Waals surface area contributed by atoms with Crippen molar-refractivity contribution >= 4 is 0 Å². The molecule has 1 spiro atoms. The topological polar surface area (TPSA) is 42.4 Å². The molecule has 0 aliphatic heterocycles. The highest BCUT2D eigenvalue weighted by Gasteiger charge is 2.43. The molecule has 1 heterocycles. The first kappa shape index (κ1) is 12.9. The van der Waals surface area contributed by atoms with E-state index in [-0.39, 0.29) is 0 Å². The van der Waals surface area contributed by atoms with Gasteiger partial charge in [0.1, 0.15) is 5.75 Å². The fourth-order valence-corrected chi connectivity index (χ4v) is 3.89. The third-order valence-electron chi connectivity index (χ3n) is 5.29. The standard InChI is InChI=1S/C16H23NO2/c1-19-14-10-13(11-17-12-14)16(18)8-6-15(7-9-16)4-2-3-5-15/h10-12,18H,2-9H2,1H3. The summed E-state index contributed by atoms with van der Waals surface area (Å²) in [5, 5.41) is 10.9. The molecular weight excluding hydrogens is 238 g/mol. The Hall–Kier alpha value is -1.09. The molecule has 2 fully saturated rings. The minimum Gasteiger partial charge on any atom is -0.495 e. The van der Waals surface area contributed by atoms with Crippen LogP contribution >= 0.6 is 0 Å². The zero-order valence-corrected chi connectivity index (χ0v) is 11.7. The first-order valence-electron chi connectivity index (χ1n) is 7.38. The van der Waals surface area contributed by atoms with Crippen molar-refractivity contribution in [3.8, 4) is 5.75 Å². The van der Waals surface area contributed by atoms with Crippen molar-refractivity contribution in [2.75, 3.05) is 7.11 Å². The van der Waals surface area contributed by atoms with Crippen LogP contribution in [0.15, 0.2) is 18.5 Å². The third kappa shape index (κ3) is 2.36. The molecule has 0 aromatic carbocycles. The Balaban J connectivity index is 1.77. The second-order valence-electron chi connectivity index (χ2n) is 6.35. The summed E-state index contributed by atoms with van der Waals surface area (Å²) in [7, 11) is 1.64. The molecular formula is C16H23NO2. The average molecular weight is 261 g/mol. The van der Waals surface area contributed by atoms with Gasteiger partial charge in [-0.3, -0.25) is 4.98 Å². The normalized spacial score (nSPS) is 24.5. The lowest BCUT2D eigenvalue weighted by molar-refractivity contribution is -0.0379. The second-order valence-corrected chi connectivity index (χ2v) is 6.35. The van der Waals surface area contributed by atoms with Crippen LogP contribution in [-0.4, -0.2) is 17.2 Å². The van der Waals surface area contributed by atoms with Gasteiger partial charge < -0.3 is 9.84 Å². The van der Waals surface area contributed by atoms with Crippen LogP contribution in [-0.2, 0) is 5.60 Å². The van der Waals surface area contributed by atoms with Crippen molar-refractivity contribution in [3.63, 3.8) is 0 Å². The number of aliphatic hydroxyl groups is 1. The van der Waals surface area contributed by atoms with Gasteiger partial charge in [-0.15, -0.1) is 0 Å². The van der Waals surface area contributed by atoms with Gasteiger partial charge in [0.2, 0.25) is 0 Å². The van der Waals surface area contributed by atoms with Crippen molar-refractivity contribution in [1.82, 2.24) is 4.98 Å². The third-order valence-corrected chi connectivity index (χ3v) is 5.29. The van der Waals surface area contributed by atoms with Gasteiger partial charge in [0.05, 0.1) is 18.9 Å². The number of pyridine rings is 1. The minimum absolute atomic E-state index is 0.540. The molecule has 2 aliphatic rings. The van der Waals surface area contributed by atoms with Crippen LogP contribution in [0.4, 0.5) is 0 Å². The van der Waals surface area contributed by atoms with Crippen molar-refractivity contribution in [1.29, 1.82) is 0 Å². The van der Waals surface area contributed by atoms with Crippen molar-refractivity contribution in [3.05, 3.63) is 24.0 Å². The average Bonchev–Trinajstić information content (AvgIpc) is 2.92. The van der Waals surface area contributed by atoms with Gasteiger partial charge >= 0.3 is 0 Å². The van der Waals surface area contributed by atoms with Gasteiger partial charge in [0, 0.05) is 11.8 Å². The largest absolute Gasteiger partial charge is 0.495 e. The number of hydrogen-bond acceptors (Lipinski definition) is 3. The summed E-state index contributed by atoms with van der Waals surface area (Å²) < 4.78 is 5.21. The van der Waals surface area contributed by atoms with Crippen LogP contribution in [0.25, 0.3) is 0 Å². The van der Waals surface area contributed by atoms with Gasteiger partial charge in [-0.05, 0) is 50.0 Å². The summed E-state index contributed by atoms with van der Waals surface area (Å²) in [4.78, 5) is 4.18. The number of rotatable bonds is 2. The zero-order chi connectivity index (χ0) is 13.3. The zero-order valence-electron chi connectivity index (χ0n) is 11.7. The second kappa shape index (κ2) is 4.78. The number of ether oxygens (including phenoxy) is 1. The van der Waals surface area contributed by atoms with Crippen LogP contribution in [0.5, 0.6) is 5.75 Å². The first-order chi connectivity index (χ1) is 9.16. The predicted molar refractivity (Wildman–Crippen MR) is 74.1 cm³/mol. The molecule has 0 bridgehead atoms. The SMILES string of the molecule is COc1cncc(C2(O)CCC3(CCCC3)CC2)c1. The van der Waals surface area contributed by atoms with Crippen molar-refractivity contribution in [2.24, 2.45) is 5.41 Å². The van der Waals surface area contributed by atoms with E-state index in [9.17, 15) is 5.11 Å². The van der Waals surface area contributed by atoms with Crippen LogP contribution in [0.1, 0.15) is 56.9 Å². The summed E-state index contributed by atoms with van der Waals surface area (Å²) in [6, 6.07) is 1.93. The summed E-state index contributed by atoms with van der Waals surface area (Å²) in [6.07, 6.45) is 13.0. The highest BCUT2D eigenvalue weighted by atomic mass is 16.5. The Morgan fingerprint density at radius 1 is 1.05 bits per heavy atom. The van der Waals surface area contributed by atoms with E-state index in [1.807, 2.05) is 6.07 Å². The first-order valence-corrected chi connectivity index (χ1v) is 7.38. The molecule has 1 aromatic heterocycles. The Morgan fingerprint density at radius 2 is 1.74 bits per heavy atom. The van der Waals surface area contributed by atoms with E-state index in [0.29, 0.717) is 5.41 Å². The molecule has 0 saturated heterocycles. The number of nitrogens with zero attached hydrogens (tertiary/aromatic N) is 1. The smallest absolute Gasteiger partial charge is 0.137 e. The molecule has 3 rings (SSSR count). The molecule has 104 valence electrons. The molecule has 2 saturated carbocycles. The van der Waals surface area contributed by atoms with Crippen LogP contribution in [0, 0.1) is 5.41 Å². The summed E-state index contributed by atoms with van der Waals surface area (Å²) in [5.41, 5.74) is 0.758. The number of methoxy groups -OCH3 is 1. The molecule has 0 amide bonds. The lowest BCUT2D eigenvalue weighted by Crippen LogP contribution is -2.36. The van der Waals surface area contributed by atoms with E-state index in [0.717, 1.165) is 37.0 Å². The summed E-state index contributed by atoms with van der Waals surface area (Å²) in [6.45, 7) is 0. The molecule has 3 heteroatoms. The molecule has 1 aromatic rings. The number of hydrogen-bond donors (Lipinski definition) is 1. The van der Waals surface area contributed by atoms with Gasteiger partial charge in [0.25, 0.3) is 0 Å². The Kier molecular flexibility index (Phi) is 3.25. The fraction of sp³-hybridized carbons (Fsp3) is 0.688. The van der Waals surface area contributed by atoms with Gasteiger partial charge in [-0.2, -0.15) is 0 Å². The molecule has 0 atom stereocenters. The maximum Gasteiger partial charge on any atom is 0.137 e. The van der Waals surface area contributed by atoms with Crippen molar-refractivity contribution in [2.45, 2.75) is 57.0 Å². The Labute approximate surface area is 115 Å². The molecule has 2 aliphatic carbocycles. The van der Waals surface area contributed by atoms with E-state index < -0.39 is 5.60 Å². The molecule has 1 N–H and O–H groups in total.